The fraction of sp³-hybridized carbons (Fsp3) is 0.429. The molecular formula is C14H17NO3. The lowest BCUT2D eigenvalue weighted by molar-refractivity contribution is -0.146. The van der Waals surface area contributed by atoms with Crippen LogP contribution in [0.25, 0.3) is 0 Å². The Labute approximate surface area is 106 Å². The van der Waals surface area contributed by atoms with Crippen molar-refractivity contribution in [2.45, 2.75) is 25.8 Å². The number of benzene rings is 1. The highest BCUT2D eigenvalue weighted by Gasteiger charge is 2.37. The summed E-state index contributed by atoms with van der Waals surface area (Å²) in [5, 5.41) is 11.9. The molecule has 1 aliphatic carbocycles. The zero-order valence-electron chi connectivity index (χ0n) is 10.1. The molecule has 4 heteroatoms. The van der Waals surface area contributed by atoms with Crippen molar-refractivity contribution >= 4 is 11.9 Å². The molecule has 0 aliphatic heterocycles. The van der Waals surface area contributed by atoms with E-state index < -0.39 is 11.9 Å². The predicted molar refractivity (Wildman–Crippen MR) is 66.8 cm³/mol. The van der Waals surface area contributed by atoms with Gasteiger partial charge in [0.25, 0.3) is 0 Å². The summed E-state index contributed by atoms with van der Waals surface area (Å²) in [6.07, 6.45) is 2.11. The third-order valence-electron chi connectivity index (χ3n) is 3.48. The standard InChI is InChI=1S/C14H17NO3/c16-13(11-7-4-8-12(11)14(17)18)15-9-10-5-2-1-3-6-10/h1-3,5-6,11-12H,4,7-9H2,(H,15,16)(H,17,18)/t11-,12+/m1/s1. The number of hydrogen-bond acceptors (Lipinski definition) is 2. The van der Waals surface area contributed by atoms with Crippen LogP contribution in [0.4, 0.5) is 0 Å². The molecule has 2 rings (SSSR count). The van der Waals surface area contributed by atoms with Crippen molar-refractivity contribution in [1.29, 1.82) is 0 Å². The Morgan fingerprint density at radius 3 is 2.50 bits per heavy atom. The molecule has 1 fully saturated rings. The third kappa shape index (κ3) is 2.88. The van der Waals surface area contributed by atoms with Gasteiger partial charge in [-0.15, -0.1) is 0 Å². The number of carboxylic acid groups (broad SMARTS) is 1. The van der Waals surface area contributed by atoms with Crippen LogP contribution in [0.5, 0.6) is 0 Å². The van der Waals surface area contributed by atoms with Crippen molar-refractivity contribution in [2.24, 2.45) is 11.8 Å². The van der Waals surface area contributed by atoms with Gasteiger partial charge in [0.05, 0.1) is 11.8 Å². The Balaban J connectivity index is 1.90. The molecule has 0 aromatic heterocycles. The maximum Gasteiger partial charge on any atom is 0.307 e. The number of hydrogen-bond donors (Lipinski definition) is 2. The van der Waals surface area contributed by atoms with Gasteiger partial charge in [0.2, 0.25) is 5.91 Å². The predicted octanol–water partition coefficient (Wildman–Crippen LogP) is 1.80. The molecule has 1 aromatic rings. The quantitative estimate of drug-likeness (QED) is 0.852. The van der Waals surface area contributed by atoms with Crippen molar-refractivity contribution in [3.63, 3.8) is 0 Å². The fourth-order valence-electron chi connectivity index (χ4n) is 2.49. The maximum absolute atomic E-state index is 12.0. The first-order chi connectivity index (χ1) is 8.68. The monoisotopic (exact) mass is 247 g/mol. The van der Waals surface area contributed by atoms with Gasteiger partial charge in [-0.1, -0.05) is 36.8 Å². The van der Waals surface area contributed by atoms with Crippen LogP contribution in [0.2, 0.25) is 0 Å². The Bertz CT molecular complexity index is 430. The van der Waals surface area contributed by atoms with Crippen molar-refractivity contribution in [3.05, 3.63) is 35.9 Å². The Kier molecular flexibility index (Phi) is 3.97. The van der Waals surface area contributed by atoms with Crippen LogP contribution >= 0.6 is 0 Å². The Morgan fingerprint density at radius 2 is 1.83 bits per heavy atom. The number of nitrogens with one attached hydrogen (secondary N) is 1. The molecule has 2 atom stereocenters. The summed E-state index contributed by atoms with van der Waals surface area (Å²) >= 11 is 0. The second-order valence-electron chi connectivity index (χ2n) is 4.69. The van der Waals surface area contributed by atoms with E-state index >= 15 is 0 Å². The summed E-state index contributed by atoms with van der Waals surface area (Å²) in [6.45, 7) is 0.461. The van der Waals surface area contributed by atoms with E-state index in [-0.39, 0.29) is 11.8 Å². The van der Waals surface area contributed by atoms with Gasteiger partial charge in [0, 0.05) is 6.54 Å². The van der Waals surface area contributed by atoms with E-state index in [1.54, 1.807) is 0 Å². The van der Waals surface area contributed by atoms with Crippen LogP contribution in [0.1, 0.15) is 24.8 Å². The maximum atomic E-state index is 12.0. The van der Waals surface area contributed by atoms with Gasteiger partial charge in [-0.05, 0) is 18.4 Å². The summed E-state index contributed by atoms with van der Waals surface area (Å²) < 4.78 is 0. The normalized spacial score (nSPS) is 22.7. The largest absolute Gasteiger partial charge is 0.481 e. The van der Waals surface area contributed by atoms with Crippen molar-refractivity contribution in [1.82, 2.24) is 5.32 Å². The first-order valence-electron chi connectivity index (χ1n) is 6.23. The molecular weight excluding hydrogens is 230 g/mol. The van der Waals surface area contributed by atoms with Crippen molar-refractivity contribution in [3.8, 4) is 0 Å². The highest BCUT2D eigenvalue weighted by molar-refractivity contribution is 5.85. The number of aliphatic carboxylic acids is 1. The van der Waals surface area contributed by atoms with E-state index in [1.807, 2.05) is 30.3 Å². The molecule has 18 heavy (non-hydrogen) atoms. The molecule has 1 amide bonds. The minimum atomic E-state index is -0.854. The minimum Gasteiger partial charge on any atom is -0.481 e. The highest BCUT2D eigenvalue weighted by atomic mass is 16.4. The molecule has 0 heterocycles. The smallest absolute Gasteiger partial charge is 0.307 e. The number of carboxylic acids is 1. The lowest BCUT2D eigenvalue weighted by Gasteiger charge is -2.15. The number of amides is 1. The second-order valence-corrected chi connectivity index (χ2v) is 4.69. The average Bonchev–Trinajstić information content (AvgIpc) is 2.86. The van der Waals surface area contributed by atoms with Gasteiger partial charge >= 0.3 is 5.97 Å². The van der Waals surface area contributed by atoms with E-state index in [1.165, 1.54) is 0 Å². The molecule has 4 nitrogen and oxygen atoms in total. The van der Waals surface area contributed by atoms with Gasteiger partial charge in [-0.2, -0.15) is 0 Å². The molecule has 1 saturated carbocycles. The zero-order valence-corrected chi connectivity index (χ0v) is 10.1. The van der Waals surface area contributed by atoms with Crippen LogP contribution in [0, 0.1) is 11.8 Å². The zero-order chi connectivity index (χ0) is 13.0. The topological polar surface area (TPSA) is 66.4 Å². The summed E-state index contributed by atoms with van der Waals surface area (Å²) in [5.41, 5.74) is 1.02. The fourth-order valence-corrected chi connectivity index (χ4v) is 2.49. The van der Waals surface area contributed by atoms with Crippen LogP contribution in [0.3, 0.4) is 0 Å². The summed E-state index contributed by atoms with van der Waals surface area (Å²) in [6, 6.07) is 9.62. The molecule has 2 N–H and O–H groups in total. The average molecular weight is 247 g/mol. The third-order valence-corrected chi connectivity index (χ3v) is 3.48. The van der Waals surface area contributed by atoms with E-state index in [0.717, 1.165) is 12.0 Å². The van der Waals surface area contributed by atoms with Crippen LogP contribution in [0.15, 0.2) is 30.3 Å². The molecule has 1 aliphatic rings. The van der Waals surface area contributed by atoms with E-state index in [9.17, 15) is 9.59 Å². The number of carbonyl (C=O) groups is 2. The summed E-state index contributed by atoms with van der Waals surface area (Å²) in [5.74, 6) is -1.87. The molecule has 96 valence electrons. The Morgan fingerprint density at radius 1 is 1.17 bits per heavy atom. The van der Waals surface area contributed by atoms with Crippen molar-refractivity contribution in [2.75, 3.05) is 0 Å². The van der Waals surface area contributed by atoms with Gasteiger partial charge < -0.3 is 10.4 Å². The summed E-state index contributed by atoms with van der Waals surface area (Å²) in [7, 11) is 0. The number of carbonyl (C=O) groups excluding carboxylic acids is 1. The molecule has 0 unspecified atom stereocenters. The van der Waals surface area contributed by atoms with Gasteiger partial charge in [0.1, 0.15) is 0 Å². The first kappa shape index (κ1) is 12.6. The van der Waals surface area contributed by atoms with Gasteiger partial charge in [-0.3, -0.25) is 9.59 Å². The first-order valence-corrected chi connectivity index (χ1v) is 6.23. The molecule has 0 saturated heterocycles. The van der Waals surface area contributed by atoms with Crippen LogP contribution in [-0.4, -0.2) is 17.0 Å². The lowest BCUT2D eigenvalue weighted by Crippen LogP contribution is -2.34. The second kappa shape index (κ2) is 5.67. The van der Waals surface area contributed by atoms with Crippen LogP contribution in [-0.2, 0) is 16.1 Å². The summed E-state index contributed by atoms with van der Waals surface area (Å²) in [4.78, 5) is 23.0. The van der Waals surface area contributed by atoms with Crippen LogP contribution < -0.4 is 5.32 Å². The molecule has 0 bridgehead atoms. The lowest BCUT2D eigenvalue weighted by atomic mass is 9.95. The van der Waals surface area contributed by atoms with Crippen molar-refractivity contribution < 1.29 is 14.7 Å². The minimum absolute atomic E-state index is 0.135. The van der Waals surface area contributed by atoms with Gasteiger partial charge in [-0.25, -0.2) is 0 Å². The molecule has 1 aromatic carbocycles. The van der Waals surface area contributed by atoms with Gasteiger partial charge in [0.15, 0.2) is 0 Å². The SMILES string of the molecule is O=C(O)[C@H]1CCC[C@H]1C(=O)NCc1ccccc1. The number of rotatable bonds is 4. The van der Waals surface area contributed by atoms with E-state index in [0.29, 0.717) is 19.4 Å². The molecule has 0 spiro atoms. The van der Waals surface area contributed by atoms with E-state index in [4.69, 9.17) is 5.11 Å². The highest BCUT2D eigenvalue weighted by Crippen LogP contribution is 2.32. The Hall–Kier alpha value is -1.84. The molecule has 0 radical (unpaired) electrons. The van der Waals surface area contributed by atoms with E-state index in [2.05, 4.69) is 5.32 Å².